The molecule has 0 radical (unpaired) electrons. The summed E-state index contributed by atoms with van der Waals surface area (Å²) >= 11 is 5.37. The Morgan fingerprint density at radius 1 is 1.25 bits per heavy atom. The fraction of sp³-hybridized carbons (Fsp3) is 0.294. The van der Waals surface area contributed by atoms with Gasteiger partial charge in [0.15, 0.2) is 14.9 Å². The Bertz CT molecular complexity index is 818. The number of nitrogens with one attached hydrogen (secondary N) is 2. The van der Waals surface area contributed by atoms with Crippen molar-refractivity contribution in [3.63, 3.8) is 0 Å². The Hall–Kier alpha value is -1.99. The summed E-state index contributed by atoms with van der Waals surface area (Å²) in [6, 6.07) is 10.7. The van der Waals surface area contributed by atoms with Crippen molar-refractivity contribution in [1.82, 2.24) is 10.3 Å². The van der Waals surface area contributed by atoms with E-state index in [9.17, 15) is 8.42 Å². The first kappa shape index (κ1) is 18.4. The van der Waals surface area contributed by atoms with Crippen LogP contribution in [0.1, 0.15) is 30.5 Å². The van der Waals surface area contributed by atoms with Crippen LogP contribution in [-0.4, -0.2) is 24.8 Å². The quantitative estimate of drug-likeness (QED) is 0.795. The molecule has 2 rings (SSSR count). The predicted molar refractivity (Wildman–Crippen MR) is 101 cm³/mol. The smallest absolute Gasteiger partial charge is 0.175 e. The van der Waals surface area contributed by atoms with Crippen LogP contribution in [0.3, 0.4) is 0 Å². The van der Waals surface area contributed by atoms with Crippen molar-refractivity contribution in [2.45, 2.75) is 31.2 Å². The number of hydrogen-bond acceptors (Lipinski definition) is 4. The number of sulfone groups is 1. The van der Waals surface area contributed by atoms with Crippen LogP contribution < -0.4 is 10.6 Å². The number of pyridine rings is 1. The van der Waals surface area contributed by atoms with Gasteiger partial charge in [-0.25, -0.2) is 13.4 Å². The third-order valence-corrected chi connectivity index (χ3v) is 5.01. The molecule has 7 heteroatoms. The maximum atomic E-state index is 11.5. The Morgan fingerprint density at radius 2 is 1.92 bits per heavy atom. The number of nitrogens with zero attached hydrogens (tertiary/aromatic N) is 1. The molecule has 0 aliphatic heterocycles. The molecule has 1 atom stereocenters. The Balaban J connectivity index is 2.09. The lowest BCUT2D eigenvalue weighted by molar-refractivity contribution is 0.601. The minimum atomic E-state index is -3.19. The molecule has 2 aromatic rings. The average molecular weight is 364 g/mol. The molecular weight excluding hydrogens is 342 g/mol. The molecule has 2 N–H and O–H groups in total. The largest absolute Gasteiger partial charge is 0.356 e. The maximum Gasteiger partial charge on any atom is 0.175 e. The highest BCUT2D eigenvalue weighted by Crippen LogP contribution is 2.19. The van der Waals surface area contributed by atoms with Crippen LogP contribution in [0.15, 0.2) is 47.5 Å². The topological polar surface area (TPSA) is 71.1 Å². The fourth-order valence-corrected chi connectivity index (χ4v) is 3.16. The van der Waals surface area contributed by atoms with Gasteiger partial charge >= 0.3 is 0 Å². The van der Waals surface area contributed by atoms with Crippen LogP contribution in [0, 0.1) is 6.92 Å². The highest BCUT2D eigenvalue weighted by Gasteiger charge is 2.13. The number of rotatable bonds is 5. The lowest BCUT2D eigenvalue weighted by Crippen LogP contribution is -2.32. The molecule has 24 heavy (non-hydrogen) atoms. The predicted octanol–water partition coefficient (Wildman–Crippen LogP) is 3.23. The van der Waals surface area contributed by atoms with E-state index in [2.05, 4.69) is 15.6 Å². The van der Waals surface area contributed by atoms with Crippen LogP contribution in [0.5, 0.6) is 0 Å². The van der Waals surface area contributed by atoms with E-state index in [1.54, 1.807) is 18.3 Å². The molecule has 0 aliphatic rings. The molecule has 5 nitrogen and oxygen atoms in total. The van der Waals surface area contributed by atoms with Crippen molar-refractivity contribution in [1.29, 1.82) is 0 Å². The van der Waals surface area contributed by atoms with Gasteiger partial charge in [0.05, 0.1) is 10.9 Å². The summed E-state index contributed by atoms with van der Waals surface area (Å²) in [6.07, 6.45) is 3.71. The van der Waals surface area contributed by atoms with E-state index in [1.807, 2.05) is 38.1 Å². The molecule has 0 saturated carbocycles. The monoisotopic (exact) mass is 363 g/mol. The number of hydrogen-bond donors (Lipinski definition) is 2. The van der Waals surface area contributed by atoms with Gasteiger partial charge in [0.1, 0.15) is 5.82 Å². The fourth-order valence-electron chi connectivity index (χ4n) is 2.29. The van der Waals surface area contributed by atoms with Crippen LogP contribution in [-0.2, 0) is 9.84 Å². The highest BCUT2D eigenvalue weighted by atomic mass is 32.2. The Labute approximate surface area is 148 Å². The molecule has 0 spiro atoms. The third kappa shape index (κ3) is 4.75. The second kappa shape index (κ2) is 7.72. The Morgan fingerprint density at radius 3 is 2.46 bits per heavy atom. The van der Waals surface area contributed by atoms with Gasteiger partial charge in [0.2, 0.25) is 0 Å². The number of thiocarbonyl (C=S) groups is 1. The molecule has 0 amide bonds. The standard InChI is InChI=1S/C17H21N3O2S2/c1-4-15(13-7-9-14(10-8-13)24(3,21)22)19-17(23)20-16-12(2)6-5-11-18-16/h5-11,15H,4H2,1-3H3,(H2,18,19,20,23)/t15-/m1/s1. The molecule has 128 valence electrons. The van der Waals surface area contributed by atoms with Crippen molar-refractivity contribution < 1.29 is 8.42 Å². The first-order valence-corrected chi connectivity index (χ1v) is 9.90. The van der Waals surface area contributed by atoms with Gasteiger partial charge < -0.3 is 10.6 Å². The summed E-state index contributed by atoms with van der Waals surface area (Å²) in [4.78, 5) is 4.57. The van der Waals surface area contributed by atoms with Crippen molar-refractivity contribution in [3.8, 4) is 0 Å². The second-order valence-electron chi connectivity index (χ2n) is 5.57. The first-order valence-electron chi connectivity index (χ1n) is 7.60. The van der Waals surface area contributed by atoms with E-state index < -0.39 is 9.84 Å². The molecule has 0 bridgehead atoms. The normalized spacial score (nSPS) is 12.5. The van der Waals surface area contributed by atoms with E-state index in [1.165, 1.54) is 6.26 Å². The van der Waals surface area contributed by atoms with Gasteiger partial charge in [0.25, 0.3) is 0 Å². The van der Waals surface area contributed by atoms with Gasteiger partial charge in [-0.15, -0.1) is 0 Å². The molecule has 1 aromatic carbocycles. The third-order valence-electron chi connectivity index (χ3n) is 3.67. The summed E-state index contributed by atoms with van der Waals surface area (Å²) in [5, 5.41) is 6.82. The van der Waals surface area contributed by atoms with Crippen LogP contribution >= 0.6 is 12.2 Å². The molecule has 0 aliphatic carbocycles. The highest BCUT2D eigenvalue weighted by molar-refractivity contribution is 7.90. The molecule has 1 aromatic heterocycles. The molecule has 0 saturated heterocycles. The molecular formula is C17H21N3O2S2. The van der Waals surface area contributed by atoms with Crippen molar-refractivity contribution in [2.75, 3.05) is 11.6 Å². The van der Waals surface area contributed by atoms with Gasteiger partial charge in [-0.05, 0) is 54.9 Å². The van der Waals surface area contributed by atoms with E-state index in [0.717, 1.165) is 23.4 Å². The lowest BCUT2D eigenvalue weighted by atomic mass is 10.1. The summed E-state index contributed by atoms with van der Waals surface area (Å²) < 4.78 is 23.1. The van der Waals surface area contributed by atoms with E-state index >= 15 is 0 Å². The zero-order valence-corrected chi connectivity index (χ0v) is 15.5. The summed E-state index contributed by atoms with van der Waals surface area (Å²) in [6.45, 7) is 4.00. The van der Waals surface area contributed by atoms with E-state index in [-0.39, 0.29) is 6.04 Å². The van der Waals surface area contributed by atoms with E-state index in [4.69, 9.17) is 12.2 Å². The lowest BCUT2D eigenvalue weighted by Gasteiger charge is -2.20. The number of anilines is 1. The minimum absolute atomic E-state index is 0.0115. The van der Waals surface area contributed by atoms with Gasteiger partial charge in [-0.3, -0.25) is 0 Å². The van der Waals surface area contributed by atoms with Crippen LogP contribution in [0.25, 0.3) is 0 Å². The number of aryl methyl sites for hydroxylation is 1. The van der Waals surface area contributed by atoms with Crippen molar-refractivity contribution in [2.24, 2.45) is 0 Å². The first-order chi connectivity index (χ1) is 11.3. The zero-order chi connectivity index (χ0) is 17.7. The summed E-state index contributed by atoms with van der Waals surface area (Å²) in [5.74, 6) is 0.720. The molecule has 1 heterocycles. The SMILES string of the molecule is CC[C@@H](NC(=S)Nc1ncccc1C)c1ccc(S(C)(=O)=O)cc1. The molecule has 0 unspecified atom stereocenters. The molecule has 0 fully saturated rings. The maximum absolute atomic E-state index is 11.5. The van der Waals surface area contributed by atoms with Crippen LogP contribution in [0.4, 0.5) is 5.82 Å². The van der Waals surface area contributed by atoms with Crippen LogP contribution in [0.2, 0.25) is 0 Å². The summed E-state index contributed by atoms with van der Waals surface area (Å²) in [5.41, 5.74) is 1.99. The van der Waals surface area contributed by atoms with Gasteiger partial charge in [-0.1, -0.05) is 25.1 Å². The number of benzene rings is 1. The zero-order valence-electron chi connectivity index (χ0n) is 13.9. The van der Waals surface area contributed by atoms with Crippen molar-refractivity contribution in [3.05, 3.63) is 53.7 Å². The Kier molecular flexibility index (Phi) is 5.90. The van der Waals surface area contributed by atoms with Gasteiger partial charge in [0, 0.05) is 12.5 Å². The number of aromatic nitrogens is 1. The minimum Gasteiger partial charge on any atom is -0.356 e. The summed E-state index contributed by atoms with van der Waals surface area (Å²) in [7, 11) is -3.19. The van der Waals surface area contributed by atoms with E-state index in [0.29, 0.717) is 10.0 Å². The van der Waals surface area contributed by atoms with Crippen molar-refractivity contribution >= 4 is 33.0 Å². The van der Waals surface area contributed by atoms with Gasteiger partial charge in [-0.2, -0.15) is 0 Å². The second-order valence-corrected chi connectivity index (χ2v) is 7.99. The average Bonchev–Trinajstić information content (AvgIpc) is 2.54.